The Morgan fingerprint density at radius 1 is 1.11 bits per heavy atom. The van der Waals surface area contributed by atoms with Crippen molar-refractivity contribution in [3.63, 3.8) is 0 Å². The first-order chi connectivity index (χ1) is 18.0. The molecule has 37 heavy (non-hydrogen) atoms. The first-order valence-electron chi connectivity index (χ1n) is 14.2. The summed E-state index contributed by atoms with van der Waals surface area (Å²) < 4.78 is 7.06. The zero-order chi connectivity index (χ0) is 26.1. The van der Waals surface area contributed by atoms with Gasteiger partial charge in [-0.05, 0) is 76.2 Å². The summed E-state index contributed by atoms with van der Waals surface area (Å²) in [6.45, 7) is 13.8. The molecule has 2 fully saturated rings. The summed E-state index contributed by atoms with van der Waals surface area (Å²) in [6, 6.07) is 0.0323. The minimum absolute atomic E-state index is 0.0323. The molecule has 2 saturated heterocycles. The van der Waals surface area contributed by atoms with Crippen molar-refractivity contribution in [2.45, 2.75) is 71.4 Å². The molecular formula is C28H47N7O2. The molecule has 4 heterocycles. The van der Waals surface area contributed by atoms with Crippen LogP contribution in [0.25, 0.3) is 0 Å². The van der Waals surface area contributed by atoms with Crippen LogP contribution in [-0.4, -0.2) is 88.2 Å². The van der Waals surface area contributed by atoms with Gasteiger partial charge in [-0.2, -0.15) is 0 Å². The molecule has 9 heteroatoms. The third-order valence-electron chi connectivity index (χ3n) is 8.12. The van der Waals surface area contributed by atoms with Crippen molar-refractivity contribution < 1.29 is 9.53 Å². The zero-order valence-corrected chi connectivity index (χ0v) is 23.1. The van der Waals surface area contributed by atoms with Crippen LogP contribution in [0.5, 0.6) is 0 Å². The van der Waals surface area contributed by atoms with E-state index in [4.69, 9.17) is 9.72 Å². The van der Waals surface area contributed by atoms with Crippen LogP contribution in [0.2, 0.25) is 0 Å². The Bertz CT molecular complexity index is 934. The average Bonchev–Trinajstić information content (AvgIpc) is 3.65. The number of carbonyl (C=O) groups is 1. The van der Waals surface area contributed by atoms with E-state index >= 15 is 0 Å². The number of piperidine rings is 1. The number of likely N-dealkylation sites (tertiary alicyclic amines) is 2. The highest BCUT2D eigenvalue weighted by Crippen LogP contribution is 2.40. The summed E-state index contributed by atoms with van der Waals surface area (Å²) in [4.78, 5) is 29.2. The quantitative estimate of drug-likeness (QED) is 0.296. The third-order valence-corrected chi connectivity index (χ3v) is 8.12. The SMILES string of the molecule is COC(=O)CCCNC(Cc1ncc[nH]1)c1nccn1CCCN1CCC2(CCN(CC(C)C)CC2)C1. The molecule has 4 rings (SSSR count). The second-order valence-corrected chi connectivity index (χ2v) is 11.5. The number of hydrogen-bond donors (Lipinski definition) is 2. The minimum atomic E-state index is -0.171. The first-order valence-corrected chi connectivity index (χ1v) is 14.2. The summed E-state index contributed by atoms with van der Waals surface area (Å²) in [6.07, 6.45) is 14.7. The van der Waals surface area contributed by atoms with E-state index in [1.165, 1.54) is 59.1 Å². The highest BCUT2D eigenvalue weighted by molar-refractivity contribution is 5.69. The number of carbonyl (C=O) groups excluding carboxylic acids is 1. The molecule has 0 aromatic carbocycles. The van der Waals surface area contributed by atoms with Crippen LogP contribution in [0, 0.1) is 11.3 Å². The van der Waals surface area contributed by atoms with Gasteiger partial charge >= 0.3 is 5.97 Å². The number of methoxy groups -OCH3 is 1. The highest BCUT2D eigenvalue weighted by Gasteiger charge is 2.40. The highest BCUT2D eigenvalue weighted by atomic mass is 16.5. The monoisotopic (exact) mass is 513 g/mol. The van der Waals surface area contributed by atoms with E-state index in [1.54, 1.807) is 6.20 Å². The van der Waals surface area contributed by atoms with Crippen LogP contribution in [-0.2, 0) is 22.5 Å². The van der Waals surface area contributed by atoms with Gasteiger partial charge in [0.05, 0.1) is 13.2 Å². The van der Waals surface area contributed by atoms with Gasteiger partial charge in [0.1, 0.15) is 11.6 Å². The predicted octanol–water partition coefficient (Wildman–Crippen LogP) is 3.27. The number of esters is 1. The number of hydrogen-bond acceptors (Lipinski definition) is 7. The standard InChI is InChI=1S/C28H47N7O2/c1-23(2)21-33-16-7-28(8-17-33)9-18-34(22-28)14-5-15-35-19-13-32-27(35)24(20-25-30-11-12-31-25)29-10-4-6-26(36)37-3/h11-13,19,23-24,29H,4-10,14-18,20-22H2,1-3H3,(H,30,31). The van der Waals surface area contributed by atoms with Crippen molar-refractivity contribution in [2.75, 3.05) is 52.9 Å². The van der Waals surface area contributed by atoms with E-state index in [-0.39, 0.29) is 12.0 Å². The van der Waals surface area contributed by atoms with Gasteiger partial charge in [-0.1, -0.05) is 13.8 Å². The summed E-state index contributed by atoms with van der Waals surface area (Å²) >= 11 is 0. The molecule has 1 unspecified atom stereocenters. The van der Waals surface area contributed by atoms with Gasteiger partial charge in [-0.3, -0.25) is 4.79 Å². The van der Waals surface area contributed by atoms with E-state index in [1.807, 2.05) is 12.4 Å². The Kier molecular flexibility index (Phi) is 10.2. The lowest BCUT2D eigenvalue weighted by Crippen LogP contribution is -2.42. The summed E-state index contributed by atoms with van der Waals surface area (Å²) in [5.41, 5.74) is 0.551. The molecule has 2 N–H and O–H groups in total. The van der Waals surface area contributed by atoms with E-state index in [9.17, 15) is 4.79 Å². The first kappa shape index (κ1) is 27.8. The van der Waals surface area contributed by atoms with E-state index < -0.39 is 0 Å². The van der Waals surface area contributed by atoms with Crippen molar-refractivity contribution in [1.29, 1.82) is 0 Å². The van der Waals surface area contributed by atoms with Crippen LogP contribution in [0.3, 0.4) is 0 Å². The molecule has 2 aliphatic rings. The molecule has 1 atom stereocenters. The fourth-order valence-corrected chi connectivity index (χ4v) is 6.11. The van der Waals surface area contributed by atoms with Gasteiger partial charge in [0.2, 0.25) is 0 Å². The third kappa shape index (κ3) is 8.12. The Balaban J connectivity index is 1.26. The minimum Gasteiger partial charge on any atom is -0.469 e. The van der Waals surface area contributed by atoms with Crippen molar-refractivity contribution >= 4 is 5.97 Å². The summed E-state index contributed by atoms with van der Waals surface area (Å²) in [5, 5.41) is 3.60. The summed E-state index contributed by atoms with van der Waals surface area (Å²) in [5.74, 6) is 2.55. The van der Waals surface area contributed by atoms with Crippen LogP contribution in [0.15, 0.2) is 24.8 Å². The van der Waals surface area contributed by atoms with Gasteiger partial charge in [-0.15, -0.1) is 0 Å². The topological polar surface area (TPSA) is 91.3 Å². The normalized spacial score (nSPS) is 19.1. The number of aromatic nitrogens is 4. The zero-order valence-electron chi connectivity index (χ0n) is 23.1. The van der Waals surface area contributed by atoms with Crippen molar-refractivity contribution in [3.8, 4) is 0 Å². The van der Waals surface area contributed by atoms with E-state index in [0.717, 1.165) is 56.5 Å². The fourth-order valence-electron chi connectivity index (χ4n) is 6.11. The number of nitrogens with one attached hydrogen (secondary N) is 2. The average molecular weight is 514 g/mol. The molecule has 1 spiro atoms. The van der Waals surface area contributed by atoms with Crippen molar-refractivity contribution in [3.05, 3.63) is 36.4 Å². The van der Waals surface area contributed by atoms with Crippen LogP contribution in [0.4, 0.5) is 0 Å². The van der Waals surface area contributed by atoms with Crippen molar-refractivity contribution in [2.24, 2.45) is 11.3 Å². The maximum absolute atomic E-state index is 11.5. The van der Waals surface area contributed by atoms with Gasteiger partial charge in [0.15, 0.2) is 0 Å². The molecule has 9 nitrogen and oxygen atoms in total. The molecule has 2 aliphatic heterocycles. The van der Waals surface area contributed by atoms with Gasteiger partial charge in [-0.25, -0.2) is 9.97 Å². The molecule has 206 valence electrons. The molecule has 2 aromatic rings. The lowest BCUT2D eigenvalue weighted by molar-refractivity contribution is -0.140. The van der Waals surface area contributed by atoms with Crippen molar-refractivity contribution in [1.82, 2.24) is 34.6 Å². The lowest BCUT2D eigenvalue weighted by atomic mass is 9.77. The lowest BCUT2D eigenvalue weighted by Gasteiger charge is -2.40. The molecule has 2 aromatic heterocycles. The number of ether oxygens (including phenoxy) is 1. The Morgan fingerprint density at radius 3 is 2.59 bits per heavy atom. The molecule has 0 aliphatic carbocycles. The maximum Gasteiger partial charge on any atom is 0.305 e. The predicted molar refractivity (Wildman–Crippen MR) is 145 cm³/mol. The Hall–Kier alpha value is -2.23. The van der Waals surface area contributed by atoms with Gasteiger partial charge in [0.25, 0.3) is 0 Å². The maximum atomic E-state index is 11.5. The van der Waals surface area contributed by atoms with Crippen LogP contribution < -0.4 is 5.32 Å². The number of aryl methyl sites for hydroxylation is 1. The number of nitrogens with zero attached hydrogens (tertiary/aromatic N) is 5. The summed E-state index contributed by atoms with van der Waals surface area (Å²) in [7, 11) is 1.44. The van der Waals surface area contributed by atoms with Gasteiger partial charge in [0, 0.05) is 57.3 Å². The molecular weight excluding hydrogens is 466 g/mol. The number of H-pyrrole nitrogens is 1. The van der Waals surface area contributed by atoms with Gasteiger partial charge < -0.3 is 29.4 Å². The molecule has 0 amide bonds. The fraction of sp³-hybridized carbons (Fsp3) is 0.750. The largest absolute Gasteiger partial charge is 0.469 e. The van der Waals surface area contributed by atoms with Crippen LogP contribution in [0.1, 0.15) is 70.1 Å². The number of aromatic amines is 1. The Labute approximate surface area is 222 Å². The van der Waals surface area contributed by atoms with Crippen LogP contribution >= 0.6 is 0 Å². The van der Waals surface area contributed by atoms with E-state index in [2.05, 4.69) is 49.7 Å². The number of rotatable bonds is 14. The molecule has 0 saturated carbocycles. The smallest absolute Gasteiger partial charge is 0.305 e. The van der Waals surface area contributed by atoms with E-state index in [0.29, 0.717) is 11.8 Å². The molecule has 0 radical (unpaired) electrons. The molecule has 0 bridgehead atoms. The second kappa shape index (κ2) is 13.5. The number of imidazole rings is 2. The Morgan fingerprint density at radius 2 is 1.89 bits per heavy atom. The second-order valence-electron chi connectivity index (χ2n) is 11.5.